The van der Waals surface area contributed by atoms with Gasteiger partial charge in [0.2, 0.25) is 0 Å². The molecule has 0 radical (unpaired) electrons. The molecule has 1 aromatic carbocycles. The van der Waals surface area contributed by atoms with E-state index in [-0.39, 0.29) is 50.4 Å². The maximum Gasteiger partial charge on any atom is 0.377 e. The number of hydrogen-bond acceptors (Lipinski definition) is 4. The molecule has 0 amide bonds. The van der Waals surface area contributed by atoms with Gasteiger partial charge in [0.05, 0.1) is 6.10 Å². The monoisotopic (exact) mass is 590 g/mol. The number of aliphatic carboxylic acids is 1. The summed E-state index contributed by atoms with van der Waals surface area (Å²) in [5.74, 6) is -0.316. The first-order valence-electron chi connectivity index (χ1n) is 17.0. The lowest BCUT2D eigenvalue weighted by Gasteiger charge is -2.69. The van der Waals surface area contributed by atoms with Crippen molar-refractivity contribution in [2.45, 2.75) is 131 Å². The minimum absolute atomic E-state index is 0.000355. The number of phenols is 1. The summed E-state index contributed by atoms with van der Waals surface area (Å²) in [7, 11) is 0. The second-order valence-electron chi connectivity index (χ2n) is 16.8. The van der Waals surface area contributed by atoms with E-state index in [1.54, 1.807) is 0 Å². The fraction of sp³-hybridized carbons (Fsp3) is 0.737. The highest BCUT2D eigenvalue weighted by molar-refractivity contribution is 6.40. The summed E-state index contributed by atoms with van der Waals surface area (Å²) in [5, 5.41) is 32.3. The van der Waals surface area contributed by atoms with Gasteiger partial charge in [-0.2, -0.15) is 0 Å². The SMILES string of the molecule is CC1=CCC[C@@H](C)[C@]1(C)CC[C@@]1(C)[C@@H]2CC[C@]3(C)[C@H](CC[C@]4(C)c5c(C(=O)C(=O)O)ccc(O)c5C[C@@H]34)[C@@]2(C)CC[C@@H]1O. The molecule has 3 saturated carbocycles. The number of carboxylic acids is 1. The number of Topliss-reactive ketones (excluding diaryl/α,β-unsaturated/α-hetero) is 1. The number of ketones is 1. The molecule has 0 aliphatic heterocycles. The Morgan fingerprint density at radius 3 is 2.21 bits per heavy atom. The van der Waals surface area contributed by atoms with E-state index < -0.39 is 11.8 Å². The van der Waals surface area contributed by atoms with Crippen molar-refractivity contribution in [1.82, 2.24) is 0 Å². The fourth-order valence-electron chi connectivity index (χ4n) is 12.4. The van der Waals surface area contributed by atoms with Crippen molar-refractivity contribution in [2.24, 2.45) is 45.3 Å². The molecule has 5 aliphatic rings. The third kappa shape index (κ3) is 4.11. The molecule has 0 aromatic heterocycles. The van der Waals surface area contributed by atoms with Crippen molar-refractivity contribution in [3.8, 4) is 5.75 Å². The van der Waals surface area contributed by atoms with Gasteiger partial charge >= 0.3 is 5.97 Å². The number of allylic oxidation sites excluding steroid dienone is 2. The Morgan fingerprint density at radius 1 is 0.884 bits per heavy atom. The Morgan fingerprint density at radius 2 is 1.53 bits per heavy atom. The summed E-state index contributed by atoms with van der Waals surface area (Å²) in [5.41, 5.74) is 3.17. The lowest BCUT2D eigenvalue weighted by Crippen LogP contribution is -2.63. The summed E-state index contributed by atoms with van der Waals surface area (Å²) in [6.07, 6.45) is 13.4. The van der Waals surface area contributed by atoms with Crippen LogP contribution in [0.3, 0.4) is 0 Å². The van der Waals surface area contributed by atoms with Crippen LogP contribution in [-0.2, 0) is 16.6 Å². The lowest BCUT2D eigenvalue weighted by atomic mass is 9.36. The number of hydrogen-bond donors (Lipinski definition) is 3. The Bertz CT molecular complexity index is 1380. The van der Waals surface area contributed by atoms with E-state index >= 15 is 0 Å². The molecule has 0 spiro atoms. The zero-order valence-electron chi connectivity index (χ0n) is 27.6. The van der Waals surface area contributed by atoms with Gasteiger partial charge in [0, 0.05) is 5.56 Å². The van der Waals surface area contributed by atoms with Crippen molar-refractivity contribution >= 4 is 11.8 Å². The molecule has 0 bridgehead atoms. The van der Waals surface area contributed by atoms with Crippen LogP contribution in [0.1, 0.15) is 134 Å². The zero-order valence-corrected chi connectivity index (χ0v) is 27.6. The van der Waals surface area contributed by atoms with E-state index in [0.29, 0.717) is 24.2 Å². The van der Waals surface area contributed by atoms with Crippen LogP contribution in [0.2, 0.25) is 0 Å². The summed E-state index contributed by atoms with van der Waals surface area (Å²) >= 11 is 0. The molecule has 6 rings (SSSR count). The molecule has 43 heavy (non-hydrogen) atoms. The van der Waals surface area contributed by atoms with Gasteiger partial charge < -0.3 is 15.3 Å². The van der Waals surface area contributed by atoms with Crippen LogP contribution >= 0.6 is 0 Å². The van der Waals surface area contributed by atoms with Crippen molar-refractivity contribution in [3.63, 3.8) is 0 Å². The smallest absolute Gasteiger partial charge is 0.377 e. The Hall–Kier alpha value is -2.14. The van der Waals surface area contributed by atoms with Gasteiger partial charge in [0.15, 0.2) is 0 Å². The molecule has 5 heteroatoms. The first kappa shape index (κ1) is 30.9. The van der Waals surface area contributed by atoms with Crippen LogP contribution in [0.5, 0.6) is 5.75 Å². The van der Waals surface area contributed by atoms with Gasteiger partial charge in [0.1, 0.15) is 5.75 Å². The van der Waals surface area contributed by atoms with Crippen molar-refractivity contribution < 1.29 is 24.9 Å². The van der Waals surface area contributed by atoms with E-state index in [1.165, 1.54) is 30.5 Å². The standard InChI is InChI=1S/C38H54O5/c1-22-9-8-10-23(2)34(22,3)19-20-37(6)28-13-16-36(5)27(35(28,4)18-15-30(37)40)14-17-38(7)29(36)21-25-26(39)12-11-24(31(25)38)32(41)33(42)43/h9,11-12,23,27-30,39-40H,8,10,13-21H2,1-7H3,(H,42,43)/t23-,27-,28-,29+,30+,34-,35-,36-,37+,38+/m1/s1. The Balaban J connectivity index is 1.34. The van der Waals surface area contributed by atoms with Gasteiger partial charge in [-0.25, -0.2) is 4.79 Å². The third-order valence-electron chi connectivity index (χ3n) is 15.3. The van der Waals surface area contributed by atoms with Gasteiger partial charge in [-0.3, -0.25) is 4.79 Å². The molecular formula is C38H54O5. The molecular weight excluding hydrogens is 536 g/mol. The van der Waals surface area contributed by atoms with Crippen molar-refractivity contribution in [3.05, 3.63) is 40.5 Å². The van der Waals surface area contributed by atoms with Crippen molar-refractivity contribution in [1.29, 1.82) is 0 Å². The van der Waals surface area contributed by atoms with Gasteiger partial charge in [-0.05, 0) is 152 Å². The fourth-order valence-corrected chi connectivity index (χ4v) is 12.4. The number of aliphatic hydroxyl groups excluding tert-OH is 1. The molecule has 5 aliphatic carbocycles. The number of aromatic hydroxyl groups is 1. The first-order chi connectivity index (χ1) is 20.0. The molecule has 3 N–H and O–H groups in total. The molecule has 1 aromatic rings. The first-order valence-corrected chi connectivity index (χ1v) is 17.0. The predicted octanol–water partition coefficient (Wildman–Crippen LogP) is 8.25. The highest BCUT2D eigenvalue weighted by Crippen LogP contribution is 2.73. The number of benzene rings is 1. The normalized spacial score (nSPS) is 45.3. The van der Waals surface area contributed by atoms with Crippen molar-refractivity contribution in [2.75, 3.05) is 0 Å². The number of fused-ring (bicyclic) bond motifs is 7. The van der Waals surface area contributed by atoms with E-state index in [4.69, 9.17) is 0 Å². The second-order valence-corrected chi connectivity index (χ2v) is 16.8. The average Bonchev–Trinajstić information content (AvgIpc) is 3.28. The maximum atomic E-state index is 12.9. The van der Waals surface area contributed by atoms with E-state index in [2.05, 4.69) is 54.5 Å². The molecule has 0 saturated heterocycles. The summed E-state index contributed by atoms with van der Waals surface area (Å²) in [6.45, 7) is 16.8. The van der Waals surface area contributed by atoms with Crippen LogP contribution in [0.15, 0.2) is 23.8 Å². The van der Waals surface area contributed by atoms with Crippen LogP contribution in [0.4, 0.5) is 0 Å². The van der Waals surface area contributed by atoms with Gasteiger partial charge in [-0.15, -0.1) is 0 Å². The molecule has 3 fully saturated rings. The Kier molecular flexibility index (Phi) is 7.13. The van der Waals surface area contributed by atoms with E-state index in [9.17, 15) is 24.9 Å². The van der Waals surface area contributed by atoms with Crippen LogP contribution in [0.25, 0.3) is 0 Å². The molecule has 0 unspecified atom stereocenters. The predicted molar refractivity (Wildman–Crippen MR) is 169 cm³/mol. The molecule has 236 valence electrons. The van der Waals surface area contributed by atoms with Crippen LogP contribution in [-0.4, -0.2) is 33.2 Å². The molecule has 5 nitrogen and oxygen atoms in total. The highest BCUT2D eigenvalue weighted by atomic mass is 16.4. The second kappa shape index (κ2) is 9.93. The molecule has 10 atom stereocenters. The highest BCUT2D eigenvalue weighted by Gasteiger charge is 2.67. The largest absolute Gasteiger partial charge is 0.508 e. The average molecular weight is 591 g/mol. The topological polar surface area (TPSA) is 94.8 Å². The van der Waals surface area contributed by atoms with Crippen LogP contribution < -0.4 is 0 Å². The maximum absolute atomic E-state index is 12.9. The number of rotatable bonds is 5. The number of carbonyl (C=O) groups is 2. The molecule has 0 heterocycles. The van der Waals surface area contributed by atoms with Gasteiger partial charge in [-0.1, -0.05) is 53.2 Å². The number of carbonyl (C=O) groups excluding carboxylic acids is 1. The summed E-state index contributed by atoms with van der Waals surface area (Å²) in [4.78, 5) is 24.7. The van der Waals surface area contributed by atoms with E-state index in [0.717, 1.165) is 62.5 Å². The summed E-state index contributed by atoms with van der Waals surface area (Å²) < 4.78 is 0. The minimum atomic E-state index is -1.44. The quantitative estimate of drug-likeness (QED) is 0.182. The number of phenolic OH excluding ortho intramolecular Hbond substituents is 1. The third-order valence-corrected chi connectivity index (χ3v) is 15.3. The lowest BCUT2D eigenvalue weighted by molar-refractivity contribution is -0.209. The summed E-state index contributed by atoms with van der Waals surface area (Å²) in [6, 6.07) is 3.05. The van der Waals surface area contributed by atoms with Gasteiger partial charge in [0.25, 0.3) is 5.78 Å². The Labute approximate surface area is 258 Å². The van der Waals surface area contributed by atoms with Crippen LogP contribution in [0, 0.1) is 45.3 Å². The minimum Gasteiger partial charge on any atom is -0.508 e. The number of aliphatic hydroxyl groups is 1. The zero-order chi connectivity index (χ0) is 31.3. The van der Waals surface area contributed by atoms with E-state index in [1.807, 2.05) is 0 Å². The number of carboxylic acid groups (broad SMARTS) is 1.